The van der Waals surface area contributed by atoms with Gasteiger partial charge in [0.15, 0.2) is 0 Å². The van der Waals surface area contributed by atoms with Crippen LogP contribution < -0.4 is 14.8 Å². The average Bonchev–Trinajstić information content (AvgIpc) is 2.66. The van der Waals surface area contributed by atoms with Gasteiger partial charge in [-0.1, -0.05) is 36.4 Å². The fourth-order valence-electron chi connectivity index (χ4n) is 2.71. The molecule has 2 aromatic carbocycles. The zero-order chi connectivity index (χ0) is 19.2. The Hall–Kier alpha value is -3.41. The van der Waals surface area contributed by atoms with Gasteiger partial charge in [0.2, 0.25) is 5.91 Å². The smallest absolute Gasteiger partial charge is 0.322 e. The van der Waals surface area contributed by atoms with Crippen molar-refractivity contribution in [3.63, 3.8) is 0 Å². The summed E-state index contributed by atoms with van der Waals surface area (Å²) in [5.74, 6) is 1.18. The van der Waals surface area contributed by atoms with Crippen LogP contribution in [0.25, 0.3) is 0 Å². The molecule has 1 amide bonds. The van der Waals surface area contributed by atoms with Crippen molar-refractivity contribution < 1.29 is 14.3 Å². The van der Waals surface area contributed by atoms with Gasteiger partial charge < -0.3 is 14.8 Å². The number of para-hydroxylation sites is 2. The highest BCUT2D eigenvalue weighted by Gasteiger charge is 2.14. The molecule has 6 heteroatoms. The number of carbonyl (C=O) groups excluding carboxylic acids is 1. The summed E-state index contributed by atoms with van der Waals surface area (Å²) in [4.78, 5) is 21.2. The van der Waals surface area contributed by atoms with Crippen molar-refractivity contribution >= 4 is 11.6 Å². The predicted octanol–water partition coefficient (Wildman–Crippen LogP) is 4.08. The summed E-state index contributed by atoms with van der Waals surface area (Å²) in [5.41, 5.74) is 2.69. The lowest BCUT2D eigenvalue weighted by atomic mass is 10.1. The molecule has 0 spiro atoms. The van der Waals surface area contributed by atoms with E-state index >= 15 is 0 Å². The molecule has 0 radical (unpaired) electrons. The second kappa shape index (κ2) is 8.31. The summed E-state index contributed by atoms with van der Waals surface area (Å²) in [6.45, 7) is 3.62. The summed E-state index contributed by atoms with van der Waals surface area (Å²) >= 11 is 0. The van der Waals surface area contributed by atoms with Gasteiger partial charge in [0, 0.05) is 5.56 Å². The number of amides is 1. The second-order valence-electron chi connectivity index (χ2n) is 6.00. The molecule has 3 rings (SSSR count). The molecule has 0 saturated carbocycles. The fraction of sp³-hybridized carbons (Fsp3) is 0.190. The zero-order valence-corrected chi connectivity index (χ0v) is 15.5. The lowest BCUT2D eigenvalue weighted by Gasteiger charge is -2.13. The Kier molecular flexibility index (Phi) is 5.66. The Morgan fingerprint density at radius 3 is 2.26 bits per heavy atom. The molecule has 0 fully saturated rings. The van der Waals surface area contributed by atoms with Gasteiger partial charge in [0.25, 0.3) is 0 Å². The van der Waals surface area contributed by atoms with Gasteiger partial charge in [-0.25, -0.2) is 0 Å². The van der Waals surface area contributed by atoms with E-state index in [1.54, 1.807) is 7.11 Å². The molecule has 3 aromatic rings. The molecule has 0 bridgehead atoms. The third kappa shape index (κ3) is 4.61. The summed E-state index contributed by atoms with van der Waals surface area (Å²) in [6.07, 6.45) is 0.200. The first kappa shape index (κ1) is 18.4. The molecule has 1 N–H and O–H groups in total. The van der Waals surface area contributed by atoms with Gasteiger partial charge in [0.05, 0.1) is 30.6 Å². The lowest BCUT2D eigenvalue weighted by molar-refractivity contribution is -0.115. The summed E-state index contributed by atoms with van der Waals surface area (Å²) < 4.78 is 11.0. The molecular formula is C21H21N3O3. The van der Waals surface area contributed by atoms with Gasteiger partial charge >= 0.3 is 6.01 Å². The van der Waals surface area contributed by atoms with E-state index in [0.717, 1.165) is 5.56 Å². The number of nitrogens with zero attached hydrogens (tertiary/aromatic N) is 2. The SMILES string of the molecule is COc1ccccc1CC(=O)Nc1c(C)nc(Oc2ccccc2)nc1C. The third-order valence-electron chi connectivity index (χ3n) is 4.01. The van der Waals surface area contributed by atoms with Crippen LogP contribution in [0.4, 0.5) is 5.69 Å². The summed E-state index contributed by atoms with van der Waals surface area (Å²) in [5, 5.41) is 2.89. The van der Waals surface area contributed by atoms with Gasteiger partial charge in [-0.05, 0) is 32.0 Å². The van der Waals surface area contributed by atoms with E-state index in [-0.39, 0.29) is 18.3 Å². The van der Waals surface area contributed by atoms with E-state index in [1.807, 2.05) is 68.4 Å². The van der Waals surface area contributed by atoms with Crippen LogP contribution in [0.15, 0.2) is 54.6 Å². The van der Waals surface area contributed by atoms with E-state index < -0.39 is 0 Å². The molecule has 0 aliphatic carbocycles. The van der Waals surface area contributed by atoms with E-state index in [2.05, 4.69) is 15.3 Å². The minimum Gasteiger partial charge on any atom is -0.496 e. The Bertz CT molecular complexity index is 919. The molecule has 0 aliphatic heterocycles. The Morgan fingerprint density at radius 1 is 0.963 bits per heavy atom. The highest BCUT2D eigenvalue weighted by atomic mass is 16.5. The molecule has 0 atom stereocenters. The number of ether oxygens (including phenoxy) is 2. The number of rotatable bonds is 6. The van der Waals surface area contributed by atoms with E-state index in [4.69, 9.17) is 9.47 Å². The Balaban J connectivity index is 1.74. The van der Waals surface area contributed by atoms with Crippen molar-refractivity contribution in [2.75, 3.05) is 12.4 Å². The van der Waals surface area contributed by atoms with Crippen molar-refractivity contribution in [3.8, 4) is 17.5 Å². The van der Waals surface area contributed by atoms with Crippen LogP contribution in [-0.4, -0.2) is 23.0 Å². The topological polar surface area (TPSA) is 73.3 Å². The van der Waals surface area contributed by atoms with Gasteiger partial charge in [-0.3, -0.25) is 4.79 Å². The number of hydrogen-bond donors (Lipinski definition) is 1. The monoisotopic (exact) mass is 363 g/mol. The number of aryl methyl sites for hydroxylation is 2. The minimum absolute atomic E-state index is 0.161. The van der Waals surface area contributed by atoms with Crippen molar-refractivity contribution in [1.29, 1.82) is 0 Å². The van der Waals surface area contributed by atoms with Gasteiger partial charge in [-0.15, -0.1) is 0 Å². The maximum Gasteiger partial charge on any atom is 0.322 e. The average molecular weight is 363 g/mol. The molecule has 27 heavy (non-hydrogen) atoms. The Labute approximate surface area is 158 Å². The van der Waals surface area contributed by atoms with Crippen LogP contribution in [0.3, 0.4) is 0 Å². The number of anilines is 1. The fourth-order valence-corrected chi connectivity index (χ4v) is 2.71. The summed E-state index contributed by atoms with van der Waals surface area (Å²) in [6, 6.07) is 17.0. The molecular weight excluding hydrogens is 342 g/mol. The van der Waals surface area contributed by atoms with E-state index in [9.17, 15) is 4.79 Å². The van der Waals surface area contributed by atoms with E-state index in [1.165, 1.54) is 0 Å². The third-order valence-corrected chi connectivity index (χ3v) is 4.01. The summed E-state index contributed by atoms with van der Waals surface area (Å²) in [7, 11) is 1.59. The number of hydrogen-bond acceptors (Lipinski definition) is 5. The van der Waals surface area contributed by atoms with Crippen LogP contribution in [0.5, 0.6) is 17.5 Å². The first-order chi connectivity index (χ1) is 13.1. The largest absolute Gasteiger partial charge is 0.496 e. The number of nitrogens with one attached hydrogen (secondary N) is 1. The molecule has 1 aromatic heterocycles. The molecule has 6 nitrogen and oxygen atoms in total. The Morgan fingerprint density at radius 2 is 1.59 bits per heavy atom. The van der Waals surface area contributed by atoms with Crippen LogP contribution >= 0.6 is 0 Å². The van der Waals surface area contributed by atoms with Crippen LogP contribution in [0.2, 0.25) is 0 Å². The van der Waals surface area contributed by atoms with Crippen molar-refractivity contribution in [2.45, 2.75) is 20.3 Å². The second-order valence-corrected chi connectivity index (χ2v) is 6.00. The molecule has 0 saturated heterocycles. The standard InChI is InChI=1S/C21H21N3O3/c1-14-20(24-19(25)13-16-9-7-8-12-18(16)26-3)15(2)23-21(22-14)27-17-10-5-4-6-11-17/h4-12H,13H2,1-3H3,(H,24,25). The number of carbonyl (C=O) groups is 1. The number of aromatic nitrogens is 2. The normalized spacial score (nSPS) is 10.3. The predicted molar refractivity (Wildman–Crippen MR) is 103 cm³/mol. The first-order valence-electron chi connectivity index (χ1n) is 8.56. The maximum atomic E-state index is 12.5. The van der Waals surface area contributed by atoms with E-state index in [0.29, 0.717) is 28.6 Å². The van der Waals surface area contributed by atoms with Crippen LogP contribution in [-0.2, 0) is 11.2 Å². The number of benzene rings is 2. The molecule has 138 valence electrons. The highest BCUT2D eigenvalue weighted by molar-refractivity contribution is 5.93. The maximum absolute atomic E-state index is 12.5. The molecule has 0 unspecified atom stereocenters. The highest BCUT2D eigenvalue weighted by Crippen LogP contribution is 2.24. The first-order valence-corrected chi connectivity index (χ1v) is 8.56. The molecule has 0 aliphatic rings. The van der Waals surface area contributed by atoms with Crippen molar-refractivity contribution in [1.82, 2.24) is 9.97 Å². The van der Waals surface area contributed by atoms with Crippen LogP contribution in [0.1, 0.15) is 17.0 Å². The molecule has 1 heterocycles. The van der Waals surface area contributed by atoms with Gasteiger partial charge in [0.1, 0.15) is 11.5 Å². The van der Waals surface area contributed by atoms with Crippen LogP contribution in [0, 0.1) is 13.8 Å². The van der Waals surface area contributed by atoms with Crippen molar-refractivity contribution in [3.05, 3.63) is 71.5 Å². The number of methoxy groups -OCH3 is 1. The lowest BCUT2D eigenvalue weighted by Crippen LogP contribution is -2.17. The van der Waals surface area contributed by atoms with Crippen molar-refractivity contribution in [2.24, 2.45) is 0 Å². The minimum atomic E-state index is -0.161. The zero-order valence-electron chi connectivity index (χ0n) is 15.5. The quantitative estimate of drug-likeness (QED) is 0.714. The van der Waals surface area contributed by atoms with Gasteiger partial charge in [-0.2, -0.15) is 9.97 Å².